The van der Waals surface area contributed by atoms with E-state index in [0.717, 1.165) is 15.3 Å². The van der Waals surface area contributed by atoms with Crippen molar-refractivity contribution in [2.45, 2.75) is 6.92 Å². The molecule has 0 aliphatic heterocycles. The van der Waals surface area contributed by atoms with E-state index in [1.54, 1.807) is 43.3 Å². The Hall–Kier alpha value is -2.62. The molecular formula is C21H13Cl2NO2. The van der Waals surface area contributed by atoms with Crippen molar-refractivity contribution < 1.29 is 0 Å². The van der Waals surface area contributed by atoms with E-state index in [9.17, 15) is 9.59 Å². The van der Waals surface area contributed by atoms with Gasteiger partial charge in [0.1, 0.15) is 0 Å². The van der Waals surface area contributed by atoms with Gasteiger partial charge in [0.05, 0.1) is 5.69 Å². The van der Waals surface area contributed by atoms with Crippen LogP contribution in [0, 0.1) is 6.92 Å². The molecule has 0 saturated heterocycles. The highest BCUT2D eigenvalue weighted by Crippen LogP contribution is 2.27. The van der Waals surface area contributed by atoms with Gasteiger partial charge in [-0.15, -0.1) is 0 Å². The van der Waals surface area contributed by atoms with Crippen LogP contribution in [-0.2, 0) is 0 Å². The van der Waals surface area contributed by atoms with Gasteiger partial charge in [0.15, 0.2) is 0 Å². The zero-order chi connectivity index (χ0) is 18.4. The standard InChI is InChI=1S/C21H13Cl2NO2/c1-12-18(22)10-13(11-19(12)23)24-20(25)16-8-4-2-6-14(16)15-7-3-5-9-17(15)21(24)26/h2-11H,1H3. The van der Waals surface area contributed by atoms with Crippen LogP contribution in [0.15, 0.2) is 70.3 Å². The van der Waals surface area contributed by atoms with Crippen molar-refractivity contribution in [1.29, 1.82) is 0 Å². The smallest absolute Gasteiger partial charge is 0.265 e. The second-order valence-corrected chi connectivity index (χ2v) is 6.89. The molecule has 128 valence electrons. The van der Waals surface area contributed by atoms with Crippen LogP contribution in [0.4, 0.5) is 0 Å². The summed E-state index contributed by atoms with van der Waals surface area (Å²) in [4.78, 5) is 26.5. The Bertz CT molecular complexity index is 1210. The summed E-state index contributed by atoms with van der Waals surface area (Å²) >= 11 is 12.5. The topological polar surface area (TPSA) is 39.1 Å². The molecule has 0 bridgehead atoms. The lowest BCUT2D eigenvalue weighted by Crippen LogP contribution is -2.28. The van der Waals surface area contributed by atoms with Gasteiger partial charge in [-0.1, -0.05) is 59.6 Å². The van der Waals surface area contributed by atoms with Crippen LogP contribution in [0.1, 0.15) is 5.56 Å². The molecule has 0 atom stereocenters. The first kappa shape index (κ1) is 16.8. The largest absolute Gasteiger partial charge is 0.268 e. The average Bonchev–Trinajstić information content (AvgIpc) is 2.74. The Balaban J connectivity index is 2.31. The molecular weight excluding hydrogens is 369 g/mol. The molecule has 26 heavy (non-hydrogen) atoms. The molecule has 1 heterocycles. The maximum absolute atomic E-state index is 13.2. The number of hydrogen-bond donors (Lipinski definition) is 0. The van der Waals surface area contributed by atoms with Crippen LogP contribution in [0.3, 0.4) is 0 Å². The molecule has 4 rings (SSSR count). The molecule has 1 aromatic heterocycles. The minimum Gasteiger partial charge on any atom is -0.268 e. The Labute approximate surface area is 159 Å². The summed E-state index contributed by atoms with van der Waals surface area (Å²) in [6, 6.07) is 17.6. The lowest BCUT2D eigenvalue weighted by Gasteiger charge is -2.07. The fraction of sp³-hybridized carbons (Fsp3) is 0.0476. The Kier molecular flexibility index (Phi) is 4.06. The van der Waals surface area contributed by atoms with E-state index < -0.39 is 11.1 Å². The van der Waals surface area contributed by atoms with E-state index >= 15 is 0 Å². The maximum atomic E-state index is 13.2. The number of hydrogen-bond acceptors (Lipinski definition) is 2. The van der Waals surface area contributed by atoms with Crippen LogP contribution >= 0.6 is 23.2 Å². The van der Waals surface area contributed by atoms with E-state index in [2.05, 4.69) is 0 Å². The van der Waals surface area contributed by atoms with E-state index in [1.165, 1.54) is 0 Å². The van der Waals surface area contributed by atoms with Crippen LogP contribution in [-0.4, -0.2) is 4.57 Å². The summed E-state index contributed by atoms with van der Waals surface area (Å²) in [7, 11) is 0. The first-order chi connectivity index (χ1) is 12.5. The zero-order valence-electron chi connectivity index (χ0n) is 13.8. The van der Waals surface area contributed by atoms with E-state index in [0.29, 0.717) is 32.1 Å². The van der Waals surface area contributed by atoms with Gasteiger partial charge < -0.3 is 0 Å². The highest BCUT2D eigenvalue weighted by atomic mass is 35.5. The molecule has 0 saturated carbocycles. The Morgan fingerprint density at radius 1 is 0.692 bits per heavy atom. The first-order valence-corrected chi connectivity index (χ1v) is 8.77. The monoisotopic (exact) mass is 381 g/mol. The molecule has 4 aromatic rings. The van der Waals surface area contributed by atoms with Gasteiger partial charge in [0, 0.05) is 20.8 Å². The highest BCUT2D eigenvalue weighted by Gasteiger charge is 2.14. The SMILES string of the molecule is Cc1c(Cl)cc(-n2c(=O)c3ccccc3c3ccccc3c2=O)cc1Cl. The van der Waals surface area contributed by atoms with Gasteiger partial charge in [-0.05, 0) is 47.5 Å². The first-order valence-electron chi connectivity index (χ1n) is 8.02. The Morgan fingerprint density at radius 3 is 1.50 bits per heavy atom. The third kappa shape index (κ3) is 2.52. The normalized spacial score (nSPS) is 11.2. The van der Waals surface area contributed by atoms with Gasteiger partial charge in [-0.3, -0.25) is 9.59 Å². The number of nitrogens with zero attached hydrogens (tertiary/aromatic N) is 1. The second-order valence-electron chi connectivity index (χ2n) is 6.07. The molecule has 3 nitrogen and oxygen atoms in total. The summed E-state index contributed by atoms with van der Waals surface area (Å²) in [6.45, 7) is 1.78. The minimum absolute atomic E-state index is 0.354. The van der Waals surface area contributed by atoms with Gasteiger partial charge in [0.25, 0.3) is 11.1 Å². The molecule has 0 amide bonds. The van der Waals surface area contributed by atoms with Crippen LogP contribution in [0.5, 0.6) is 0 Å². The zero-order valence-corrected chi connectivity index (χ0v) is 15.3. The lowest BCUT2D eigenvalue weighted by atomic mass is 10.1. The van der Waals surface area contributed by atoms with E-state index in [1.807, 2.05) is 24.3 Å². The van der Waals surface area contributed by atoms with Gasteiger partial charge >= 0.3 is 0 Å². The van der Waals surface area contributed by atoms with Crippen molar-refractivity contribution in [3.05, 3.63) is 97.0 Å². The van der Waals surface area contributed by atoms with Crippen molar-refractivity contribution in [3.63, 3.8) is 0 Å². The quantitative estimate of drug-likeness (QED) is 0.458. The van der Waals surface area contributed by atoms with Crippen molar-refractivity contribution >= 4 is 44.7 Å². The summed E-state index contributed by atoms with van der Waals surface area (Å²) in [5, 5.41) is 3.18. The fourth-order valence-electron chi connectivity index (χ4n) is 3.14. The lowest BCUT2D eigenvalue weighted by molar-refractivity contribution is 0.975. The van der Waals surface area contributed by atoms with Crippen LogP contribution in [0.25, 0.3) is 27.2 Å². The number of aromatic nitrogens is 1. The van der Waals surface area contributed by atoms with Crippen molar-refractivity contribution in [3.8, 4) is 5.69 Å². The number of rotatable bonds is 1. The predicted molar refractivity (Wildman–Crippen MR) is 108 cm³/mol. The average molecular weight is 382 g/mol. The molecule has 0 spiro atoms. The molecule has 0 aliphatic carbocycles. The molecule has 0 unspecified atom stereocenters. The molecule has 0 fully saturated rings. The predicted octanol–water partition coefficient (Wildman–Crippen LogP) is 5.12. The summed E-state index contributed by atoms with van der Waals surface area (Å²) in [5.74, 6) is 0. The minimum atomic E-state index is -0.405. The van der Waals surface area contributed by atoms with Crippen molar-refractivity contribution in [2.75, 3.05) is 0 Å². The fourth-order valence-corrected chi connectivity index (χ4v) is 3.61. The molecule has 5 heteroatoms. The second kappa shape index (κ2) is 6.27. The number of fused-ring (bicyclic) bond motifs is 3. The highest BCUT2D eigenvalue weighted by molar-refractivity contribution is 6.36. The third-order valence-corrected chi connectivity index (χ3v) is 5.32. The van der Waals surface area contributed by atoms with Gasteiger partial charge in [-0.2, -0.15) is 0 Å². The number of halogens is 2. The van der Waals surface area contributed by atoms with E-state index in [4.69, 9.17) is 23.2 Å². The summed E-state index contributed by atoms with van der Waals surface area (Å²) in [5.41, 5.74) is 0.246. The van der Waals surface area contributed by atoms with Crippen LogP contribution in [0.2, 0.25) is 10.0 Å². The molecule has 0 radical (unpaired) electrons. The number of benzene rings is 3. The maximum Gasteiger partial charge on any atom is 0.265 e. The van der Waals surface area contributed by atoms with Crippen LogP contribution < -0.4 is 11.1 Å². The molecule has 0 aliphatic rings. The summed E-state index contributed by atoms with van der Waals surface area (Å²) in [6.07, 6.45) is 0. The van der Waals surface area contributed by atoms with E-state index in [-0.39, 0.29) is 0 Å². The van der Waals surface area contributed by atoms with Gasteiger partial charge in [0.2, 0.25) is 0 Å². The van der Waals surface area contributed by atoms with Crippen molar-refractivity contribution in [1.82, 2.24) is 4.57 Å². The molecule has 3 aromatic carbocycles. The third-order valence-electron chi connectivity index (χ3n) is 4.54. The van der Waals surface area contributed by atoms with Crippen molar-refractivity contribution in [2.24, 2.45) is 0 Å². The Morgan fingerprint density at radius 2 is 1.08 bits per heavy atom. The molecule has 0 N–H and O–H groups in total. The summed E-state index contributed by atoms with van der Waals surface area (Å²) < 4.78 is 1.14. The van der Waals surface area contributed by atoms with Gasteiger partial charge in [-0.25, -0.2) is 4.57 Å².